The Bertz CT molecular complexity index is 387. The fourth-order valence-electron chi connectivity index (χ4n) is 1.17. The number of hydrogen-bond donors (Lipinski definition) is 2. The number of nitrogens with one attached hydrogen (secondary N) is 1. The summed E-state index contributed by atoms with van der Waals surface area (Å²) in [5, 5.41) is 12.1. The zero-order valence-electron chi connectivity index (χ0n) is 9.30. The molecule has 1 aromatic carbocycles. The molecule has 1 aromatic rings. The minimum atomic E-state index is -0.198. The van der Waals surface area contributed by atoms with E-state index in [0.29, 0.717) is 18.9 Å². The summed E-state index contributed by atoms with van der Waals surface area (Å²) < 4.78 is 5.06. The van der Waals surface area contributed by atoms with Crippen LogP contribution in [0.25, 0.3) is 0 Å². The summed E-state index contributed by atoms with van der Waals surface area (Å²) in [5.41, 5.74) is 0.444. The number of hydrogen-bond acceptors (Lipinski definition) is 3. The zero-order valence-corrected chi connectivity index (χ0v) is 10.8. The van der Waals surface area contributed by atoms with Crippen LogP contribution in [0.4, 0.5) is 5.69 Å². The first-order valence-corrected chi connectivity index (χ1v) is 5.85. The third-order valence-electron chi connectivity index (χ3n) is 1.98. The number of phenolic OH excluding ortho intramolecular Hbond substituents is 1. The molecule has 0 aromatic heterocycles. The largest absolute Gasteiger partial charge is 0.505 e. The Morgan fingerprint density at radius 2 is 2.00 bits per heavy atom. The van der Waals surface area contributed by atoms with Crippen molar-refractivity contribution in [1.29, 1.82) is 0 Å². The number of benzene rings is 1. The van der Waals surface area contributed by atoms with Gasteiger partial charge in [-0.2, -0.15) is 0 Å². The van der Waals surface area contributed by atoms with Gasteiger partial charge >= 0.3 is 0 Å². The lowest BCUT2D eigenvalue weighted by Crippen LogP contribution is -2.14. The van der Waals surface area contributed by atoms with Gasteiger partial charge in [0.15, 0.2) is 5.75 Å². The second-order valence-corrected chi connectivity index (χ2v) is 4.10. The Morgan fingerprint density at radius 1 is 1.41 bits per heavy atom. The van der Waals surface area contributed by atoms with Crippen LogP contribution in [0.2, 0.25) is 10.0 Å². The lowest BCUT2D eigenvalue weighted by molar-refractivity contribution is -0.117. The van der Waals surface area contributed by atoms with Crippen molar-refractivity contribution >= 4 is 34.8 Å². The van der Waals surface area contributed by atoms with Gasteiger partial charge in [0.1, 0.15) is 0 Å². The lowest BCUT2D eigenvalue weighted by Gasteiger charge is -2.07. The highest BCUT2D eigenvalue weighted by molar-refractivity contribution is 6.37. The molecule has 0 aliphatic carbocycles. The van der Waals surface area contributed by atoms with Gasteiger partial charge in [0, 0.05) is 12.3 Å². The molecule has 6 heteroatoms. The molecule has 0 saturated carbocycles. The van der Waals surface area contributed by atoms with Crippen LogP contribution in [0.1, 0.15) is 13.3 Å². The van der Waals surface area contributed by atoms with Crippen molar-refractivity contribution in [2.75, 3.05) is 18.5 Å². The molecule has 1 amide bonds. The molecular weight excluding hydrogens is 265 g/mol. The summed E-state index contributed by atoms with van der Waals surface area (Å²) in [6.45, 7) is 2.80. The van der Waals surface area contributed by atoms with Crippen molar-refractivity contribution in [3.05, 3.63) is 22.2 Å². The highest BCUT2D eigenvalue weighted by Crippen LogP contribution is 2.34. The minimum absolute atomic E-state index is 0.0950. The van der Waals surface area contributed by atoms with Gasteiger partial charge < -0.3 is 15.2 Å². The summed E-state index contributed by atoms with van der Waals surface area (Å²) in [5.74, 6) is -0.392. The average Bonchev–Trinajstić information content (AvgIpc) is 2.26. The van der Waals surface area contributed by atoms with Crippen LogP contribution in [0.15, 0.2) is 12.1 Å². The average molecular weight is 278 g/mol. The van der Waals surface area contributed by atoms with Gasteiger partial charge in [-0.25, -0.2) is 0 Å². The topological polar surface area (TPSA) is 58.6 Å². The van der Waals surface area contributed by atoms with E-state index in [2.05, 4.69) is 5.32 Å². The van der Waals surface area contributed by atoms with E-state index in [1.165, 1.54) is 12.1 Å². The smallest absolute Gasteiger partial charge is 0.226 e. The van der Waals surface area contributed by atoms with E-state index >= 15 is 0 Å². The van der Waals surface area contributed by atoms with Crippen molar-refractivity contribution in [3.8, 4) is 5.75 Å². The van der Waals surface area contributed by atoms with Crippen LogP contribution in [0.5, 0.6) is 5.75 Å². The van der Waals surface area contributed by atoms with E-state index in [4.69, 9.17) is 27.9 Å². The van der Waals surface area contributed by atoms with E-state index in [9.17, 15) is 9.90 Å². The molecule has 0 spiro atoms. The number of rotatable bonds is 5. The number of carbonyl (C=O) groups is 1. The first-order chi connectivity index (χ1) is 8.04. The number of aromatic hydroxyl groups is 1. The molecule has 1 rings (SSSR count). The zero-order chi connectivity index (χ0) is 12.8. The molecule has 0 radical (unpaired) electrons. The van der Waals surface area contributed by atoms with E-state index < -0.39 is 0 Å². The van der Waals surface area contributed by atoms with Crippen LogP contribution in [0.3, 0.4) is 0 Å². The fourth-order valence-corrected chi connectivity index (χ4v) is 1.66. The third kappa shape index (κ3) is 4.42. The molecule has 0 unspecified atom stereocenters. The molecule has 17 heavy (non-hydrogen) atoms. The molecule has 0 saturated heterocycles. The van der Waals surface area contributed by atoms with Crippen molar-refractivity contribution in [2.45, 2.75) is 13.3 Å². The van der Waals surface area contributed by atoms with Crippen molar-refractivity contribution in [2.24, 2.45) is 0 Å². The summed E-state index contributed by atoms with van der Waals surface area (Å²) in [4.78, 5) is 11.5. The Kier molecular flexibility index (Phi) is 5.55. The summed E-state index contributed by atoms with van der Waals surface area (Å²) >= 11 is 11.4. The Hall–Kier alpha value is -0.970. The molecular formula is C11H13Cl2NO3. The Labute approximate surface area is 109 Å². The van der Waals surface area contributed by atoms with Gasteiger partial charge in [-0.1, -0.05) is 23.2 Å². The van der Waals surface area contributed by atoms with Crippen LogP contribution >= 0.6 is 23.2 Å². The maximum atomic E-state index is 11.5. The molecule has 0 aliphatic rings. The Morgan fingerprint density at radius 3 is 2.53 bits per heavy atom. The summed E-state index contributed by atoms with van der Waals surface area (Å²) in [6.07, 6.45) is 0.254. The van der Waals surface area contributed by atoms with E-state index in [1.54, 1.807) is 0 Å². The molecule has 0 fully saturated rings. The van der Waals surface area contributed by atoms with Crippen molar-refractivity contribution < 1.29 is 14.6 Å². The molecule has 2 N–H and O–H groups in total. The van der Waals surface area contributed by atoms with Gasteiger partial charge in [0.2, 0.25) is 5.91 Å². The maximum Gasteiger partial charge on any atom is 0.226 e. The van der Waals surface area contributed by atoms with E-state index in [1.807, 2.05) is 6.92 Å². The molecule has 0 atom stereocenters. The number of ether oxygens (including phenoxy) is 1. The second-order valence-electron chi connectivity index (χ2n) is 3.28. The van der Waals surface area contributed by atoms with Crippen molar-refractivity contribution in [1.82, 2.24) is 0 Å². The van der Waals surface area contributed by atoms with E-state index in [-0.39, 0.29) is 28.1 Å². The fraction of sp³-hybridized carbons (Fsp3) is 0.364. The SMILES string of the molecule is CCOCCC(=O)Nc1cc(Cl)c(O)c(Cl)c1. The normalized spacial score (nSPS) is 10.3. The summed E-state index contributed by atoms with van der Waals surface area (Å²) in [6, 6.07) is 2.86. The second kappa shape index (κ2) is 6.69. The highest BCUT2D eigenvalue weighted by atomic mass is 35.5. The summed E-state index contributed by atoms with van der Waals surface area (Å²) in [7, 11) is 0. The third-order valence-corrected chi connectivity index (χ3v) is 2.55. The first kappa shape index (κ1) is 14.1. The van der Waals surface area contributed by atoms with Crippen LogP contribution < -0.4 is 5.32 Å². The molecule has 0 heterocycles. The van der Waals surface area contributed by atoms with E-state index in [0.717, 1.165) is 0 Å². The molecule has 4 nitrogen and oxygen atoms in total. The molecule has 0 bridgehead atoms. The number of carbonyl (C=O) groups excluding carboxylic acids is 1. The molecule has 94 valence electrons. The van der Waals surface area contributed by atoms with Crippen LogP contribution in [-0.4, -0.2) is 24.2 Å². The number of phenols is 1. The van der Waals surface area contributed by atoms with Gasteiger partial charge in [-0.05, 0) is 19.1 Å². The van der Waals surface area contributed by atoms with Gasteiger partial charge in [-0.3, -0.25) is 4.79 Å². The highest BCUT2D eigenvalue weighted by Gasteiger charge is 2.08. The number of halogens is 2. The van der Waals surface area contributed by atoms with Gasteiger partial charge in [-0.15, -0.1) is 0 Å². The minimum Gasteiger partial charge on any atom is -0.505 e. The monoisotopic (exact) mass is 277 g/mol. The van der Waals surface area contributed by atoms with Gasteiger partial charge in [0.05, 0.1) is 23.1 Å². The van der Waals surface area contributed by atoms with Crippen molar-refractivity contribution in [3.63, 3.8) is 0 Å². The van der Waals surface area contributed by atoms with Gasteiger partial charge in [0.25, 0.3) is 0 Å². The standard InChI is InChI=1S/C11H13Cl2NO3/c1-2-17-4-3-10(15)14-7-5-8(12)11(16)9(13)6-7/h5-6,16H,2-4H2,1H3,(H,14,15). The first-order valence-electron chi connectivity index (χ1n) is 5.10. The Balaban J connectivity index is 2.60. The predicted octanol–water partition coefficient (Wildman–Crippen LogP) is 3.06. The lowest BCUT2D eigenvalue weighted by atomic mass is 10.3. The molecule has 0 aliphatic heterocycles. The quantitative estimate of drug-likeness (QED) is 0.642. The predicted molar refractivity (Wildman–Crippen MR) is 67.9 cm³/mol. The maximum absolute atomic E-state index is 11.5. The number of anilines is 1. The van der Waals surface area contributed by atoms with Crippen LogP contribution in [-0.2, 0) is 9.53 Å². The number of amides is 1. The van der Waals surface area contributed by atoms with Crippen LogP contribution in [0, 0.1) is 0 Å².